The molecule has 1 aromatic rings. The number of rotatable bonds is 5. The van der Waals surface area contributed by atoms with Crippen LogP contribution in [0.1, 0.15) is 38.7 Å². The third-order valence-electron chi connectivity index (χ3n) is 3.99. The van der Waals surface area contributed by atoms with Crippen LogP contribution in [0.4, 0.5) is 8.78 Å². The molecule has 1 nitrogen and oxygen atoms in total. The van der Waals surface area contributed by atoms with Crippen LogP contribution in [0, 0.1) is 17.0 Å². The molecule has 4 heteroatoms. The molecule has 106 valence electrons. The van der Waals surface area contributed by atoms with Gasteiger partial charge in [-0.3, -0.25) is 0 Å². The zero-order valence-electron chi connectivity index (χ0n) is 11.4. The van der Waals surface area contributed by atoms with E-state index in [1.54, 1.807) is 0 Å². The highest BCUT2D eigenvalue weighted by Gasteiger charge is 2.38. The van der Waals surface area contributed by atoms with Crippen molar-refractivity contribution in [2.24, 2.45) is 5.41 Å². The van der Waals surface area contributed by atoms with Crippen molar-refractivity contribution in [2.75, 3.05) is 6.54 Å². The Morgan fingerprint density at radius 2 is 2.00 bits per heavy atom. The van der Waals surface area contributed by atoms with Crippen LogP contribution in [0.3, 0.4) is 0 Å². The fraction of sp³-hybridized carbons (Fsp3) is 0.600. The van der Waals surface area contributed by atoms with Gasteiger partial charge in [-0.1, -0.05) is 20.3 Å². The van der Waals surface area contributed by atoms with Gasteiger partial charge in [-0.15, -0.1) is 0 Å². The summed E-state index contributed by atoms with van der Waals surface area (Å²) in [7, 11) is 0. The highest BCUT2D eigenvalue weighted by molar-refractivity contribution is 9.10. The van der Waals surface area contributed by atoms with E-state index < -0.39 is 11.6 Å². The molecule has 0 aliphatic heterocycles. The summed E-state index contributed by atoms with van der Waals surface area (Å²) in [6, 6.07) is 3.16. The molecule has 1 aliphatic rings. The van der Waals surface area contributed by atoms with Gasteiger partial charge in [-0.2, -0.15) is 0 Å². The second-order valence-electron chi connectivity index (χ2n) is 5.89. The summed E-state index contributed by atoms with van der Waals surface area (Å²) in [4.78, 5) is 0. The first kappa shape index (κ1) is 14.9. The molecular weight excluding hydrogens is 312 g/mol. The van der Waals surface area contributed by atoms with Gasteiger partial charge in [0.15, 0.2) is 0 Å². The van der Waals surface area contributed by atoms with E-state index in [1.807, 2.05) is 0 Å². The van der Waals surface area contributed by atoms with Gasteiger partial charge in [0.2, 0.25) is 0 Å². The molecule has 0 aromatic heterocycles. The van der Waals surface area contributed by atoms with Crippen LogP contribution in [0.15, 0.2) is 16.6 Å². The van der Waals surface area contributed by atoms with Gasteiger partial charge in [-0.05, 0) is 52.7 Å². The Balaban J connectivity index is 2.17. The molecule has 0 atom stereocenters. The first-order valence-electron chi connectivity index (χ1n) is 6.79. The Morgan fingerprint density at radius 3 is 2.53 bits per heavy atom. The van der Waals surface area contributed by atoms with E-state index in [0.717, 1.165) is 25.8 Å². The number of hydrogen-bond acceptors (Lipinski definition) is 1. The Labute approximate surface area is 121 Å². The maximum atomic E-state index is 14.0. The molecule has 1 aromatic carbocycles. The number of hydrogen-bond donors (Lipinski definition) is 1. The van der Waals surface area contributed by atoms with Crippen molar-refractivity contribution in [1.29, 1.82) is 0 Å². The van der Waals surface area contributed by atoms with Crippen molar-refractivity contribution in [3.05, 3.63) is 33.8 Å². The van der Waals surface area contributed by atoms with Crippen LogP contribution in [0.25, 0.3) is 0 Å². The van der Waals surface area contributed by atoms with Gasteiger partial charge >= 0.3 is 0 Å². The van der Waals surface area contributed by atoms with Crippen molar-refractivity contribution in [1.82, 2.24) is 5.32 Å². The van der Waals surface area contributed by atoms with Gasteiger partial charge in [0.05, 0.1) is 4.47 Å². The van der Waals surface area contributed by atoms with Crippen LogP contribution in [0.2, 0.25) is 0 Å². The summed E-state index contributed by atoms with van der Waals surface area (Å²) in [6.07, 6.45) is 3.71. The third kappa shape index (κ3) is 3.34. The standard InChI is InChI=1S/C15H20BrF2N/c1-10(2)19-9-15(6-3-7-15)8-11-13(17)5-4-12(16)14(11)18/h4-5,10,19H,3,6-9H2,1-2H3. The van der Waals surface area contributed by atoms with Gasteiger partial charge in [0.1, 0.15) is 11.6 Å². The average Bonchev–Trinajstić information content (AvgIpc) is 2.31. The first-order valence-corrected chi connectivity index (χ1v) is 7.59. The van der Waals surface area contributed by atoms with Crippen LogP contribution in [-0.2, 0) is 6.42 Å². The van der Waals surface area contributed by atoms with Crippen molar-refractivity contribution in [2.45, 2.75) is 45.6 Å². The van der Waals surface area contributed by atoms with E-state index in [1.165, 1.54) is 12.1 Å². The fourth-order valence-corrected chi connectivity index (χ4v) is 2.99. The third-order valence-corrected chi connectivity index (χ3v) is 4.60. The predicted octanol–water partition coefficient (Wildman–Crippen LogP) is 4.44. The predicted molar refractivity (Wildman–Crippen MR) is 77.2 cm³/mol. The summed E-state index contributed by atoms with van der Waals surface area (Å²) in [5, 5.41) is 3.41. The topological polar surface area (TPSA) is 12.0 Å². The molecule has 2 rings (SSSR count). The van der Waals surface area contributed by atoms with Crippen LogP contribution < -0.4 is 5.32 Å². The molecule has 0 amide bonds. The highest BCUT2D eigenvalue weighted by Crippen LogP contribution is 2.44. The maximum absolute atomic E-state index is 14.0. The summed E-state index contributed by atoms with van der Waals surface area (Å²) >= 11 is 3.13. The minimum Gasteiger partial charge on any atom is -0.314 e. The van der Waals surface area contributed by atoms with Crippen molar-refractivity contribution >= 4 is 15.9 Å². The van der Waals surface area contributed by atoms with Gasteiger partial charge < -0.3 is 5.32 Å². The fourth-order valence-electron chi connectivity index (χ4n) is 2.62. The van der Waals surface area contributed by atoms with Crippen LogP contribution in [-0.4, -0.2) is 12.6 Å². The molecule has 19 heavy (non-hydrogen) atoms. The lowest BCUT2D eigenvalue weighted by atomic mass is 9.65. The number of nitrogens with one attached hydrogen (secondary N) is 1. The second kappa shape index (κ2) is 5.88. The van der Waals surface area contributed by atoms with E-state index in [9.17, 15) is 8.78 Å². The molecule has 1 N–H and O–H groups in total. The minimum absolute atomic E-state index is 0.0206. The van der Waals surface area contributed by atoms with E-state index in [2.05, 4.69) is 35.1 Å². The minimum atomic E-state index is -0.448. The summed E-state index contributed by atoms with van der Waals surface area (Å²) in [5.74, 6) is -0.882. The van der Waals surface area contributed by atoms with Crippen molar-refractivity contribution in [3.63, 3.8) is 0 Å². The Bertz CT molecular complexity index is 456. The summed E-state index contributed by atoms with van der Waals surface area (Å²) < 4.78 is 28.2. The molecule has 0 unspecified atom stereocenters. The van der Waals surface area contributed by atoms with Crippen LogP contribution >= 0.6 is 15.9 Å². The molecule has 0 bridgehead atoms. The highest BCUT2D eigenvalue weighted by atomic mass is 79.9. The van der Waals surface area contributed by atoms with Crippen LogP contribution in [0.5, 0.6) is 0 Å². The zero-order chi connectivity index (χ0) is 14.0. The molecule has 1 fully saturated rings. The molecule has 0 heterocycles. The lowest BCUT2D eigenvalue weighted by Crippen LogP contribution is -2.44. The Morgan fingerprint density at radius 1 is 1.32 bits per heavy atom. The number of benzene rings is 1. The largest absolute Gasteiger partial charge is 0.314 e. The van der Waals surface area contributed by atoms with Gasteiger partial charge in [0.25, 0.3) is 0 Å². The SMILES string of the molecule is CC(C)NCC1(Cc2c(F)ccc(Br)c2F)CCC1. The summed E-state index contributed by atoms with van der Waals surface area (Å²) in [6.45, 7) is 5.01. The molecule has 0 radical (unpaired) electrons. The van der Waals surface area contributed by atoms with E-state index in [-0.39, 0.29) is 11.0 Å². The van der Waals surface area contributed by atoms with Crippen molar-refractivity contribution < 1.29 is 8.78 Å². The molecule has 0 spiro atoms. The van der Waals surface area contributed by atoms with Crippen molar-refractivity contribution in [3.8, 4) is 0 Å². The quantitative estimate of drug-likeness (QED) is 0.786. The lowest BCUT2D eigenvalue weighted by molar-refractivity contribution is 0.124. The molecular formula is C15H20BrF2N. The number of halogens is 3. The van der Waals surface area contributed by atoms with Gasteiger partial charge in [-0.25, -0.2) is 8.78 Å². The summed E-state index contributed by atoms with van der Waals surface area (Å²) in [5.41, 5.74) is 0.242. The van der Waals surface area contributed by atoms with E-state index in [4.69, 9.17) is 0 Å². The molecule has 0 saturated heterocycles. The normalized spacial score (nSPS) is 17.6. The zero-order valence-corrected chi connectivity index (χ0v) is 13.0. The van der Waals surface area contributed by atoms with E-state index in [0.29, 0.717) is 16.9 Å². The monoisotopic (exact) mass is 331 g/mol. The smallest absolute Gasteiger partial charge is 0.143 e. The Hall–Kier alpha value is -0.480. The first-order chi connectivity index (χ1) is 8.93. The molecule has 1 saturated carbocycles. The lowest BCUT2D eigenvalue weighted by Gasteiger charge is -2.43. The molecule has 1 aliphatic carbocycles. The maximum Gasteiger partial charge on any atom is 0.143 e. The Kier molecular flexibility index (Phi) is 4.62. The van der Waals surface area contributed by atoms with Gasteiger partial charge in [0, 0.05) is 18.2 Å². The average molecular weight is 332 g/mol. The second-order valence-corrected chi connectivity index (χ2v) is 6.74. The van der Waals surface area contributed by atoms with E-state index >= 15 is 0 Å².